The van der Waals surface area contributed by atoms with E-state index in [0.29, 0.717) is 0 Å². The molecule has 0 aromatic rings. The smallest absolute Gasteiger partial charge is 0.237 e. The average molecular weight is 241 g/mol. The van der Waals surface area contributed by atoms with E-state index in [2.05, 4.69) is 5.32 Å². The third kappa shape index (κ3) is 4.34. The van der Waals surface area contributed by atoms with E-state index in [9.17, 15) is 9.59 Å². The third-order valence-electron chi connectivity index (χ3n) is 3.22. The van der Waals surface area contributed by atoms with E-state index >= 15 is 0 Å². The molecule has 98 valence electrons. The number of piperidine rings is 1. The fourth-order valence-electron chi connectivity index (χ4n) is 2.09. The van der Waals surface area contributed by atoms with Gasteiger partial charge in [-0.25, -0.2) is 0 Å². The fourth-order valence-corrected chi connectivity index (χ4v) is 2.09. The second-order valence-corrected chi connectivity index (χ2v) is 4.68. The van der Waals surface area contributed by atoms with E-state index in [1.165, 1.54) is 0 Å². The Labute approximate surface area is 103 Å². The van der Waals surface area contributed by atoms with Gasteiger partial charge in [0.25, 0.3) is 0 Å². The van der Waals surface area contributed by atoms with E-state index in [1.807, 2.05) is 11.8 Å². The summed E-state index contributed by atoms with van der Waals surface area (Å²) in [5.74, 6) is 0.0468. The lowest BCUT2D eigenvalue weighted by Crippen LogP contribution is -2.50. The highest BCUT2D eigenvalue weighted by Crippen LogP contribution is 2.10. The molecule has 1 fully saturated rings. The summed E-state index contributed by atoms with van der Waals surface area (Å²) in [6, 6.07) is -0.230. The predicted molar refractivity (Wildman–Crippen MR) is 66.3 cm³/mol. The maximum Gasteiger partial charge on any atom is 0.237 e. The van der Waals surface area contributed by atoms with Crippen LogP contribution in [0.3, 0.4) is 0 Å². The van der Waals surface area contributed by atoms with Crippen LogP contribution in [-0.2, 0) is 9.59 Å². The second kappa shape index (κ2) is 6.59. The topological polar surface area (TPSA) is 75.4 Å². The molecule has 5 nitrogen and oxygen atoms in total. The lowest BCUT2D eigenvalue weighted by Gasteiger charge is -2.32. The summed E-state index contributed by atoms with van der Waals surface area (Å²) >= 11 is 0. The number of carbonyl (C=O) groups is 2. The first-order valence-electron chi connectivity index (χ1n) is 6.36. The SMILES string of the molecule is CCC[C@@H](N)C(=O)NC1CCN(C(C)=O)CC1. The molecule has 1 saturated heterocycles. The van der Waals surface area contributed by atoms with Crippen LogP contribution in [0.2, 0.25) is 0 Å². The van der Waals surface area contributed by atoms with Gasteiger partial charge >= 0.3 is 0 Å². The lowest BCUT2D eigenvalue weighted by molar-refractivity contribution is -0.130. The molecule has 0 aliphatic carbocycles. The number of likely N-dealkylation sites (tertiary alicyclic amines) is 1. The first kappa shape index (κ1) is 14.0. The van der Waals surface area contributed by atoms with Crippen molar-refractivity contribution in [2.24, 2.45) is 5.73 Å². The second-order valence-electron chi connectivity index (χ2n) is 4.68. The molecule has 0 unspecified atom stereocenters. The highest BCUT2D eigenvalue weighted by Gasteiger charge is 2.23. The Morgan fingerprint density at radius 3 is 2.47 bits per heavy atom. The first-order chi connectivity index (χ1) is 8.04. The minimum Gasteiger partial charge on any atom is -0.352 e. The van der Waals surface area contributed by atoms with Gasteiger partial charge in [0, 0.05) is 26.1 Å². The fraction of sp³-hybridized carbons (Fsp3) is 0.833. The zero-order chi connectivity index (χ0) is 12.8. The highest BCUT2D eigenvalue weighted by atomic mass is 16.2. The summed E-state index contributed by atoms with van der Waals surface area (Å²) in [4.78, 5) is 24.7. The number of rotatable bonds is 4. The van der Waals surface area contributed by atoms with Crippen LogP contribution in [0.4, 0.5) is 0 Å². The number of nitrogens with zero attached hydrogens (tertiary/aromatic N) is 1. The molecule has 0 bridgehead atoms. The Balaban J connectivity index is 2.30. The predicted octanol–water partition coefficient (Wildman–Crippen LogP) is 0.241. The van der Waals surface area contributed by atoms with Gasteiger partial charge in [-0.1, -0.05) is 13.3 Å². The standard InChI is InChI=1S/C12H23N3O2/c1-3-4-11(13)12(17)14-10-5-7-15(8-6-10)9(2)16/h10-11H,3-8,13H2,1-2H3,(H,14,17)/t11-/m1/s1. The molecule has 0 saturated carbocycles. The van der Waals surface area contributed by atoms with Gasteiger partial charge in [0.05, 0.1) is 6.04 Å². The lowest BCUT2D eigenvalue weighted by atomic mass is 10.0. The maximum absolute atomic E-state index is 11.7. The van der Waals surface area contributed by atoms with Crippen molar-refractivity contribution in [3.05, 3.63) is 0 Å². The Morgan fingerprint density at radius 1 is 1.41 bits per heavy atom. The van der Waals surface area contributed by atoms with E-state index in [0.717, 1.165) is 38.8 Å². The molecule has 1 aliphatic rings. The number of nitrogens with two attached hydrogens (primary N) is 1. The first-order valence-corrected chi connectivity index (χ1v) is 6.36. The van der Waals surface area contributed by atoms with Crippen LogP contribution in [0.1, 0.15) is 39.5 Å². The molecule has 1 heterocycles. The van der Waals surface area contributed by atoms with Crippen molar-refractivity contribution in [2.45, 2.75) is 51.6 Å². The number of amides is 2. The Morgan fingerprint density at radius 2 is 2.00 bits per heavy atom. The van der Waals surface area contributed by atoms with Crippen molar-refractivity contribution >= 4 is 11.8 Å². The van der Waals surface area contributed by atoms with Crippen LogP contribution >= 0.6 is 0 Å². The molecule has 1 atom stereocenters. The van der Waals surface area contributed by atoms with Gasteiger partial charge in [0.1, 0.15) is 0 Å². The van der Waals surface area contributed by atoms with Crippen molar-refractivity contribution in [2.75, 3.05) is 13.1 Å². The number of hydrogen-bond acceptors (Lipinski definition) is 3. The Hall–Kier alpha value is -1.10. The third-order valence-corrected chi connectivity index (χ3v) is 3.22. The number of hydrogen-bond donors (Lipinski definition) is 2. The van der Waals surface area contributed by atoms with Crippen LogP contribution in [0.25, 0.3) is 0 Å². The van der Waals surface area contributed by atoms with Crippen molar-refractivity contribution < 1.29 is 9.59 Å². The summed E-state index contributed by atoms with van der Waals surface area (Å²) < 4.78 is 0. The summed E-state index contributed by atoms with van der Waals surface area (Å²) in [7, 11) is 0. The highest BCUT2D eigenvalue weighted by molar-refractivity contribution is 5.81. The molecule has 1 aliphatic heterocycles. The summed E-state index contributed by atoms with van der Waals surface area (Å²) in [5, 5.41) is 2.96. The number of nitrogens with one attached hydrogen (secondary N) is 1. The Kier molecular flexibility index (Phi) is 5.41. The van der Waals surface area contributed by atoms with E-state index in [1.54, 1.807) is 6.92 Å². The van der Waals surface area contributed by atoms with Gasteiger partial charge < -0.3 is 16.0 Å². The summed E-state index contributed by atoms with van der Waals surface area (Å²) in [6.07, 6.45) is 3.28. The summed E-state index contributed by atoms with van der Waals surface area (Å²) in [6.45, 7) is 5.04. The van der Waals surface area contributed by atoms with E-state index in [4.69, 9.17) is 5.73 Å². The monoisotopic (exact) mass is 241 g/mol. The largest absolute Gasteiger partial charge is 0.352 e. The molecular formula is C12H23N3O2. The van der Waals surface area contributed by atoms with E-state index in [-0.39, 0.29) is 17.9 Å². The summed E-state index contributed by atoms with van der Waals surface area (Å²) in [5.41, 5.74) is 5.74. The minimum atomic E-state index is -0.397. The molecule has 1 rings (SSSR count). The van der Waals surface area contributed by atoms with Crippen molar-refractivity contribution in [1.29, 1.82) is 0 Å². The zero-order valence-electron chi connectivity index (χ0n) is 10.7. The Bertz CT molecular complexity index is 273. The zero-order valence-corrected chi connectivity index (χ0v) is 10.7. The molecule has 0 aromatic carbocycles. The van der Waals surface area contributed by atoms with Crippen LogP contribution in [0.5, 0.6) is 0 Å². The normalized spacial score (nSPS) is 18.9. The molecule has 2 amide bonds. The van der Waals surface area contributed by atoms with Gasteiger partial charge in [0.15, 0.2) is 0 Å². The molecule has 0 aromatic heterocycles. The van der Waals surface area contributed by atoms with Crippen molar-refractivity contribution in [3.63, 3.8) is 0 Å². The van der Waals surface area contributed by atoms with Crippen LogP contribution in [0.15, 0.2) is 0 Å². The minimum absolute atomic E-state index is 0.0619. The molecule has 0 radical (unpaired) electrons. The molecule has 3 N–H and O–H groups in total. The molecule has 5 heteroatoms. The van der Waals surface area contributed by atoms with Crippen LogP contribution in [-0.4, -0.2) is 41.9 Å². The van der Waals surface area contributed by atoms with Crippen LogP contribution in [0, 0.1) is 0 Å². The van der Waals surface area contributed by atoms with Gasteiger partial charge in [-0.3, -0.25) is 9.59 Å². The van der Waals surface area contributed by atoms with Gasteiger partial charge in [-0.15, -0.1) is 0 Å². The van der Waals surface area contributed by atoms with Gasteiger partial charge in [-0.2, -0.15) is 0 Å². The van der Waals surface area contributed by atoms with Gasteiger partial charge in [-0.05, 0) is 19.3 Å². The van der Waals surface area contributed by atoms with Crippen LogP contribution < -0.4 is 11.1 Å². The number of carbonyl (C=O) groups excluding carboxylic acids is 2. The average Bonchev–Trinajstić information content (AvgIpc) is 2.30. The van der Waals surface area contributed by atoms with E-state index < -0.39 is 6.04 Å². The molecule has 17 heavy (non-hydrogen) atoms. The van der Waals surface area contributed by atoms with Crippen molar-refractivity contribution in [3.8, 4) is 0 Å². The van der Waals surface area contributed by atoms with Gasteiger partial charge in [0.2, 0.25) is 11.8 Å². The molecule has 0 spiro atoms. The quantitative estimate of drug-likeness (QED) is 0.740. The molecular weight excluding hydrogens is 218 g/mol. The van der Waals surface area contributed by atoms with Crippen molar-refractivity contribution in [1.82, 2.24) is 10.2 Å². The maximum atomic E-state index is 11.7.